The van der Waals surface area contributed by atoms with Crippen molar-refractivity contribution in [3.8, 4) is 0 Å². The first kappa shape index (κ1) is 14.1. The standard InChI is InChI=1S/C16H24N2O/c1-3-15(13-14-7-5-4-6-8-14)16(19)18-11-9-17(2)10-12-18/h4-8,15H,3,9-13H2,1-2H3. The van der Waals surface area contributed by atoms with Crippen LogP contribution in [0.3, 0.4) is 0 Å². The van der Waals surface area contributed by atoms with Gasteiger partial charge in [0.2, 0.25) is 5.91 Å². The minimum absolute atomic E-state index is 0.130. The van der Waals surface area contributed by atoms with Crippen molar-refractivity contribution in [2.24, 2.45) is 5.92 Å². The summed E-state index contributed by atoms with van der Waals surface area (Å²) in [7, 11) is 2.11. The van der Waals surface area contributed by atoms with Gasteiger partial charge in [-0.15, -0.1) is 0 Å². The summed E-state index contributed by atoms with van der Waals surface area (Å²) < 4.78 is 0. The maximum Gasteiger partial charge on any atom is 0.226 e. The van der Waals surface area contributed by atoms with Gasteiger partial charge in [-0.1, -0.05) is 37.3 Å². The molecule has 1 unspecified atom stereocenters. The Morgan fingerprint density at radius 1 is 1.16 bits per heavy atom. The smallest absolute Gasteiger partial charge is 0.226 e. The van der Waals surface area contributed by atoms with Crippen LogP contribution < -0.4 is 0 Å². The van der Waals surface area contributed by atoms with E-state index in [1.807, 2.05) is 23.1 Å². The summed E-state index contributed by atoms with van der Waals surface area (Å²) in [5, 5.41) is 0. The summed E-state index contributed by atoms with van der Waals surface area (Å²) in [5.74, 6) is 0.463. The monoisotopic (exact) mass is 260 g/mol. The number of piperazine rings is 1. The zero-order valence-corrected chi connectivity index (χ0v) is 12.0. The van der Waals surface area contributed by atoms with Crippen molar-refractivity contribution in [3.05, 3.63) is 35.9 Å². The summed E-state index contributed by atoms with van der Waals surface area (Å²) >= 11 is 0. The molecular weight excluding hydrogens is 236 g/mol. The van der Waals surface area contributed by atoms with Gasteiger partial charge in [-0.25, -0.2) is 0 Å². The summed E-state index contributed by atoms with van der Waals surface area (Å²) in [6.07, 6.45) is 1.78. The number of hydrogen-bond acceptors (Lipinski definition) is 2. The van der Waals surface area contributed by atoms with E-state index in [0.717, 1.165) is 39.0 Å². The van der Waals surface area contributed by atoms with Crippen molar-refractivity contribution in [3.63, 3.8) is 0 Å². The first-order chi connectivity index (χ1) is 9.20. The third-order valence-corrected chi connectivity index (χ3v) is 3.98. The second kappa shape index (κ2) is 6.71. The van der Waals surface area contributed by atoms with Gasteiger partial charge in [0, 0.05) is 32.1 Å². The van der Waals surface area contributed by atoms with E-state index < -0.39 is 0 Å². The first-order valence-electron chi connectivity index (χ1n) is 7.22. The molecule has 1 aromatic rings. The molecule has 0 N–H and O–H groups in total. The normalized spacial score (nSPS) is 18.3. The van der Waals surface area contributed by atoms with E-state index in [1.165, 1.54) is 5.56 Å². The number of amides is 1. The molecule has 2 rings (SSSR count). The van der Waals surface area contributed by atoms with Crippen LogP contribution in [0.2, 0.25) is 0 Å². The lowest BCUT2D eigenvalue weighted by atomic mass is 9.95. The number of likely N-dealkylation sites (N-methyl/N-ethyl adjacent to an activating group) is 1. The zero-order chi connectivity index (χ0) is 13.7. The molecule has 0 bridgehead atoms. The molecule has 1 saturated heterocycles. The van der Waals surface area contributed by atoms with Crippen LogP contribution in [0.5, 0.6) is 0 Å². The Hall–Kier alpha value is -1.35. The van der Waals surface area contributed by atoms with Gasteiger partial charge in [-0.2, -0.15) is 0 Å². The maximum atomic E-state index is 12.5. The largest absolute Gasteiger partial charge is 0.340 e. The summed E-state index contributed by atoms with van der Waals surface area (Å²) in [6.45, 7) is 5.85. The topological polar surface area (TPSA) is 23.6 Å². The van der Waals surface area contributed by atoms with Gasteiger partial charge < -0.3 is 9.80 Å². The van der Waals surface area contributed by atoms with Crippen LogP contribution in [0.15, 0.2) is 30.3 Å². The Morgan fingerprint density at radius 2 is 1.79 bits per heavy atom. The third kappa shape index (κ3) is 3.80. The highest BCUT2D eigenvalue weighted by atomic mass is 16.2. The highest BCUT2D eigenvalue weighted by Crippen LogP contribution is 2.16. The predicted molar refractivity (Wildman–Crippen MR) is 78.0 cm³/mol. The second-order valence-electron chi connectivity index (χ2n) is 5.42. The van der Waals surface area contributed by atoms with Gasteiger partial charge in [0.05, 0.1) is 0 Å². The molecule has 0 saturated carbocycles. The van der Waals surface area contributed by atoms with Crippen molar-refractivity contribution in [1.82, 2.24) is 9.80 Å². The number of carbonyl (C=O) groups excluding carboxylic acids is 1. The number of rotatable bonds is 4. The molecule has 3 heteroatoms. The third-order valence-electron chi connectivity index (χ3n) is 3.98. The van der Waals surface area contributed by atoms with Crippen LogP contribution in [0, 0.1) is 5.92 Å². The van der Waals surface area contributed by atoms with E-state index in [-0.39, 0.29) is 5.92 Å². The first-order valence-corrected chi connectivity index (χ1v) is 7.22. The predicted octanol–water partition coefficient (Wildman–Crippen LogP) is 2.03. The lowest BCUT2D eigenvalue weighted by Gasteiger charge is -2.34. The fourth-order valence-electron chi connectivity index (χ4n) is 2.59. The Kier molecular flexibility index (Phi) is 4.97. The van der Waals surface area contributed by atoms with Crippen molar-refractivity contribution < 1.29 is 4.79 Å². The molecule has 1 aromatic carbocycles. The van der Waals surface area contributed by atoms with Gasteiger partial charge in [-0.3, -0.25) is 4.79 Å². The number of hydrogen-bond donors (Lipinski definition) is 0. The van der Waals surface area contributed by atoms with Crippen molar-refractivity contribution in [2.75, 3.05) is 33.2 Å². The molecule has 1 amide bonds. The lowest BCUT2D eigenvalue weighted by Crippen LogP contribution is -2.49. The van der Waals surface area contributed by atoms with E-state index in [1.54, 1.807) is 0 Å². The van der Waals surface area contributed by atoms with Gasteiger partial charge in [0.15, 0.2) is 0 Å². The van der Waals surface area contributed by atoms with E-state index in [0.29, 0.717) is 5.91 Å². The van der Waals surface area contributed by atoms with Crippen molar-refractivity contribution >= 4 is 5.91 Å². The van der Waals surface area contributed by atoms with Gasteiger partial charge >= 0.3 is 0 Å². The van der Waals surface area contributed by atoms with Crippen LogP contribution in [0.1, 0.15) is 18.9 Å². The molecule has 0 aliphatic carbocycles. The average molecular weight is 260 g/mol. The SMILES string of the molecule is CCC(Cc1ccccc1)C(=O)N1CCN(C)CC1. The number of nitrogens with zero attached hydrogens (tertiary/aromatic N) is 2. The van der Waals surface area contributed by atoms with E-state index in [2.05, 4.69) is 31.0 Å². The van der Waals surface area contributed by atoms with Crippen LogP contribution in [0.4, 0.5) is 0 Å². The molecule has 19 heavy (non-hydrogen) atoms. The van der Waals surface area contributed by atoms with Gasteiger partial charge in [0.1, 0.15) is 0 Å². The Labute approximate surface area is 116 Å². The Morgan fingerprint density at radius 3 is 2.37 bits per heavy atom. The van der Waals surface area contributed by atoms with E-state index in [9.17, 15) is 4.79 Å². The molecule has 0 radical (unpaired) electrons. The fraction of sp³-hybridized carbons (Fsp3) is 0.562. The molecule has 1 aliphatic heterocycles. The minimum Gasteiger partial charge on any atom is -0.340 e. The molecule has 1 heterocycles. The molecule has 104 valence electrons. The fourth-order valence-corrected chi connectivity index (χ4v) is 2.59. The summed E-state index contributed by atoms with van der Waals surface area (Å²) in [6, 6.07) is 10.3. The Bertz CT molecular complexity index is 396. The van der Waals surface area contributed by atoms with Crippen LogP contribution in [0.25, 0.3) is 0 Å². The minimum atomic E-state index is 0.130. The number of carbonyl (C=O) groups is 1. The highest BCUT2D eigenvalue weighted by molar-refractivity contribution is 5.79. The zero-order valence-electron chi connectivity index (χ0n) is 12.0. The lowest BCUT2D eigenvalue weighted by molar-refractivity contribution is -0.137. The van der Waals surface area contributed by atoms with Gasteiger partial charge in [0.25, 0.3) is 0 Å². The average Bonchev–Trinajstić information content (AvgIpc) is 2.46. The van der Waals surface area contributed by atoms with E-state index in [4.69, 9.17) is 0 Å². The summed E-state index contributed by atoms with van der Waals surface area (Å²) in [4.78, 5) is 16.9. The molecule has 1 aliphatic rings. The van der Waals surface area contributed by atoms with Gasteiger partial charge in [-0.05, 0) is 25.5 Å². The van der Waals surface area contributed by atoms with Crippen molar-refractivity contribution in [1.29, 1.82) is 0 Å². The van der Waals surface area contributed by atoms with Crippen molar-refractivity contribution in [2.45, 2.75) is 19.8 Å². The maximum absolute atomic E-state index is 12.5. The van der Waals surface area contributed by atoms with E-state index >= 15 is 0 Å². The molecule has 0 spiro atoms. The quantitative estimate of drug-likeness (QED) is 0.827. The second-order valence-corrected chi connectivity index (χ2v) is 5.42. The molecule has 3 nitrogen and oxygen atoms in total. The summed E-state index contributed by atoms with van der Waals surface area (Å²) in [5.41, 5.74) is 1.26. The molecule has 0 aromatic heterocycles. The van der Waals surface area contributed by atoms with Crippen LogP contribution >= 0.6 is 0 Å². The number of benzene rings is 1. The molecular formula is C16H24N2O. The highest BCUT2D eigenvalue weighted by Gasteiger charge is 2.25. The Balaban J connectivity index is 1.95. The van der Waals surface area contributed by atoms with Crippen LogP contribution in [-0.2, 0) is 11.2 Å². The molecule has 1 atom stereocenters. The van der Waals surface area contributed by atoms with Crippen LogP contribution in [-0.4, -0.2) is 48.9 Å². The molecule has 1 fully saturated rings.